The third kappa shape index (κ3) is 3.57. The minimum absolute atomic E-state index is 0.0454. The smallest absolute Gasteiger partial charge is 0.254 e. The SMILES string of the molecule is CCCNC1CCN(C(=O)c2cc(F)ccc2C)CC1. The molecule has 1 fully saturated rings. The Balaban J connectivity index is 1.96. The monoisotopic (exact) mass is 278 g/mol. The van der Waals surface area contributed by atoms with Crippen molar-refractivity contribution < 1.29 is 9.18 Å². The molecule has 0 aromatic heterocycles. The van der Waals surface area contributed by atoms with Crippen LogP contribution in [0.5, 0.6) is 0 Å². The lowest BCUT2D eigenvalue weighted by atomic mass is 10.0. The normalized spacial score (nSPS) is 16.4. The van der Waals surface area contributed by atoms with E-state index in [1.807, 2.05) is 11.8 Å². The average molecular weight is 278 g/mol. The number of aryl methyl sites for hydroxylation is 1. The molecule has 1 aliphatic heterocycles. The predicted octanol–water partition coefficient (Wildman–Crippen LogP) is 2.74. The van der Waals surface area contributed by atoms with E-state index in [-0.39, 0.29) is 11.7 Å². The summed E-state index contributed by atoms with van der Waals surface area (Å²) in [5.74, 6) is -0.394. The summed E-state index contributed by atoms with van der Waals surface area (Å²) in [5, 5.41) is 3.49. The molecule has 1 heterocycles. The van der Waals surface area contributed by atoms with Gasteiger partial charge in [-0.3, -0.25) is 4.79 Å². The second kappa shape index (κ2) is 6.84. The van der Waals surface area contributed by atoms with E-state index < -0.39 is 0 Å². The summed E-state index contributed by atoms with van der Waals surface area (Å²) >= 11 is 0. The van der Waals surface area contributed by atoms with Crippen LogP contribution in [-0.2, 0) is 0 Å². The summed E-state index contributed by atoms with van der Waals surface area (Å²) in [6.45, 7) is 6.52. The second-order valence-electron chi connectivity index (χ2n) is 5.48. The molecule has 0 radical (unpaired) electrons. The summed E-state index contributed by atoms with van der Waals surface area (Å²) in [7, 11) is 0. The summed E-state index contributed by atoms with van der Waals surface area (Å²) in [4.78, 5) is 14.3. The quantitative estimate of drug-likeness (QED) is 0.918. The van der Waals surface area contributed by atoms with Crippen molar-refractivity contribution >= 4 is 5.91 Å². The Hall–Kier alpha value is -1.42. The van der Waals surface area contributed by atoms with Gasteiger partial charge in [-0.1, -0.05) is 13.0 Å². The van der Waals surface area contributed by atoms with Crippen LogP contribution in [0.15, 0.2) is 18.2 Å². The molecule has 20 heavy (non-hydrogen) atoms. The molecule has 1 N–H and O–H groups in total. The number of carbonyl (C=O) groups is 1. The van der Waals surface area contributed by atoms with Gasteiger partial charge < -0.3 is 10.2 Å². The minimum atomic E-state index is -0.349. The topological polar surface area (TPSA) is 32.3 Å². The number of benzene rings is 1. The predicted molar refractivity (Wildman–Crippen MR) is 78.4 cm³/mol. The maximum Gasteiger partial charge on any atom is 0.254 e. The Morgan fingerprint density at radius 3 is 2.75 bits per heavy atom. The van der Waals surface area contributed by atoms with Crippen molar-refractivity contribution in [2.45, 2.75) is 39.2 Å². The van der Waals surface area contributed by atoms with Gasteiger partial charge >= 0.3 is 0 Å². The lowest BCUT2D eigenvalue weighted by Crippen LogP contribution is -2.45. The molecule has 1 aliphatic rings. The molecule has 1 saturated heterocycles. The number of hydrogen-bond donors (Lipinski definition) is 1. The zero-order valence-electron chi connectivity index (χ0n) is 12.3. The summed E-state index contributed by atoms with van der Waals surface area (Å²) in [6, 6.07) is 4.91. The fraction of sp³-hybridized carbons (Fsp3) is 0.562. The molecular formula is C16H23FN2O. The third-order valence-corrected chi connectivity index (χ3v) is 3.90. The van der Waals surface area contributed by atoms with Gasteiger partial charge in [-0.15, -0.1) is 0 Å². The van der Waals surface area contributed by atoms with Gasteiger partial charge in [0, 0.05) is 24.7 Å². The van der Waals surface area contributed by atoms with Crippen LogP contribution >= 0.6 is 0 Å². The van der Waals surface area contributed by atoms with Gasteiger partial charge in [-0.25, -0.2) is 4.39 Å². The largest absolute Gasteiger partial charge is 0.339 e. The zero-order valence-corrected chi connectivity index (χ0v) is 12.3. The Labute approximate surface area is 120 Å². The van der Waals surface area contributed by atoms with Crippen LogP contribution < -0.4 is 5.32 Å². The van der Waals surface area contributed by atoms with Gasteiger partial charge in [0.05, 0.1) is 0 Å². The van der Waals surface area contributed by atoms with Crippen LogP contribution in [0.25, 0.3) is 0 Å². The van der Waals surface area contributed by atoms with Crippen molar-refractivity contribution in [1.82, 2.24) is 10.2 Å². The van der Waals surface area contributed by atoms with E-state index >= 15 is 0 Å². The number of nitrogens with zero attached hydrogens (tertiary/aromatic N) is 1. The number of rotatable bonds is 4. The van der Waals surface area contributed by atoms with E-state index in [4.69, 9.17) is 0 Å². The van der Waals surface area contributed by atoms with Gasteiger partial charge in [-0.05, 0) is 50.4 Å². The van der Waals surface area contributed by atoms with Gasteiger partial charge in [0.2, 0.25) is 0 Å². The number of nitrogens with one attached hydrogen (secondary N) is 1. The fourth-order valence-electron chi connectivity index (χ4n) is 2.63. The van der Waals surface area contributed by atoms with Crippen molar-refractivity contribution in [3.05, 3.63) is 35.1 Å². The summed E-state index contributed by atoms with van der Waals surface area (Å²) < 4.78 is 13.3. The highest BCUT2D eigenvalue weighted by Gasteiger charge is 2.24. The molecule has 0 bridgehead atoms. The van der Waals surface area contributed by atoms with Crippen molar-refractivity contribution in [2.24, 2.45) is 0 Å². The van der Waals surface area contributed by atoms with Crippen molar-refractivity contribution in [1.29, 1.82) is 0 Å². The highest BCUT2D eigenvalue weighted by molar-refractivity contribution is 5.95. The standard InChI is InChI=1S/C16H23FN2O/c1-3-8-18-14-6-9-19(10-7-14)16(20)15-11-13(17)5-4-12(15)2/h4-5,11,14,18H,3,6-10H2,1-2H3. The molecular weight excluding hydrogens is 255 g/mol. The van der Waals surface area contributed by atoms with Crippen molar-refractivity contribution in [2.75, 3.05) is 19.6 Å². The molecule has 0 unspecified atom stereocenters. The van der Waals surface area contributed by atoms with Crippen LogP contribution in [0.4, 0.5) is 4.39 Å². The van der Waals surface area contributed by atoms with E-state index in [0.717, 1.165) is 44.5 Å². The zero-order chi connectivity index (χ0) is 14.5. The molecule has 110 valence electrons. The third-order valence-electron chi connectivity index (χ3n) is 3.90. The first-order chi connectivity index (χ1) is 9.61. The highest BCUT2D eigenvalue weighted by Crippen LogP contribution is 2.17. The number of halogens is 1. The van der Waals surface area contributed by atoms with Crippen LogP contribution in [0, 0.1) is 12.7 Å². The molecule has 0 spiro atoms. The number of amides is 1. The maximum atomic E-state index is 13.3. The molecule has 1 aromatic carbocycles. The molecule has 4 heteroatoms. The lowest BCUT2D eigenvalue weighted by Gasteiger charge is -2.32. The molecule has 1 aromatic rings. The first-order valence-electron chi connectivity index (χ1n) is 7.40. The van der Waals surface area contributed by atoms with E-state index in [1.165, 1.54) is 12.1 Å². The van der Waals surface area contributed by atoms with Crippen LogP contribution in [0.3, 0.4) is 0 Å². The molecule has 0 aliphatic carbocycles. The van der Waals surface area contributed by atoms with E-state index in [2.05, 4.69) is 12.2 Å². The second-order valence-corrected chi connectivity index (χ2v) is 5.48. The van der Waals surface area contributed by atoms with Crippen LogP contribution in [-0.4, -0.2) is 36.5 Å². The lowest BCUT2D eigenvalue weighted by molar-refractivity contribution is 0.0704. The molecule has 2 rings (SSSR count). The Morgan fingerprint density at radius 2 is 2.10 bits per heavy atom. The van der Waals surface area contributed by atoms with Gasteiger partial charge in [0.1, 0.15) is 5.82 Å². The Morgan fingerprint density at radius 1 is 1.40 bits per heavy atom. The Kier molecular flexibility index (Phi) is 5.12. The average Bonchev–Trinajstić information content (AvgIpc) is 2.47. The molecule has 0 atom stereocenters. The molecule has 3 nitrogen and oxygen atoms in total. The Bertz CT molecular complexity index is 468. The summed E-state index contributed by atoms with van der Waals surface area (Å²) in [5.41, 5.74) is 1.33. The van der Waals surface area contributed by atoms with Crippen LogP contribution in [0.2, 0.25) is 0 Å². The van der Waals surface area contributed by atoms with Crippen LogP contribution in [0.1, 0.15) is 42.1 Å². The maximum absolute atomic E-state index is 13.3. The minimum Gasteiger partial charge on any atom is -0.339 e. The first kappa shape index (κ1) is 15.0. The first-order valence-corrected chi connectivity index (χ1v) is 7.40. The van der Waals surface area contributed by atoms with Gasteiger partial charge in [0.15, 0.2) is 0 Å². The fourth-order valence-corrected chi connectivity index (χ4v) is 2.63. The van der Waals surface area contributed by atoms with Gasteiger partial charge in [-0.2, -0.15) is 0 Å². The number of hydrogen-bond acceptors (Lipinski definition) is 2. The van der Waals surface area contributed by atoms with Gasteiger partial charge in [0.25, 0.3) is 5.91 Å². The van der Waals surface area contributed by atoms with E-state index in [9.17, 15) is 9.18 Å². The number of carbonyl (C=O) groups excluding carboxylic acids is 1. The highest BCUT2D eigenvalue weighted by atomic mass is 19.1. The van der Waals surface area contributed by atoms with E-state index in [1.54, 1.807) is 6.07 Å². The molecule has 0 saturated carbocycles. The molecule has 1 amide bonds. The summed E-state index contributed by atoms with van der Waals surface area (Å²) in [6.07, 6.45) is 3.07. The number of likely N-dealkylation sites (tertiary alicyclic amines) is 1. The van der Waals surface area contributed by atoms with Crippen molar-refractivity contribution in [3.63, 3.8) is 0 Å². The van der Waals surface area contributed by atoms with E-state index in [0.29, 0.717) is 11.6 Å². The number of piperidine rings is 1. The van der Waals surface area contributed by atoms with Crippen molar-refractivity contribution in [3.8, 4) is 0 Å².